The highest BCUT2D eigenvalue weighted by Gasteiger charge is 2.24. The number of hydrogen-bond donors (Lipinski definition) is 0. The third-order valence-corrected chi connectivity index (χ3v) is 5.07. The number of carbonyl (C=O) groups excluding carboxylic acids is 1. The van der Waals surface area contributed by atoms with Crippen LogP contribution in [0, 0.1) is 12.8 Å². The predicted octanol–water partition coefficient (Wildman–Crippen LogP) is 3.89. The molecule has 0 atom stereocenters. The summed E-state index contributed by atoms with van der Waals surface area (Å²) in [6.45, 7) is 13.1. The second-order valence-corrected chi connectivity index (χ2v) is 8.01. The molecule has 1 amide bonds. The molecule has 6 heteroatoms. The van der Waals surface area contributed by atoms with E-state index < -0.39 is 0 Å². The number of aryl methyl sites for hydroxylation is 1. The number of amides is 1. The number of allylic oxidation sites excluding steroid dienone is 1. The number of piperazine rings is 1. The highest BCUT2D eigenvalue weighted by molar-refractivity contribution is 5.95. The number of hydrogen-bond acceptors (Lipinski definition) is 5. The second kappa shape index (κ2) is 8.59. The Labute approximate surface area is 167 Å². The van der Waals surface area contributed by atoms with Gasteiger partial charge >= 0.3 is 6.01 Å². The van der Waals surface area contributed by atoms with Crippen molar-refractivity contribution in [3.8, 4) is 0 Å². The zero-order chi connectivity index (χ0) is 20.3. The first-order valence-electron chi connectivity index (χ1n) is 10.0. The van der Waals surface area contributed by atoms with Crippen molar-refractivity contribution in [3.63, 3.8) is 0 Å². The highest BCUT2D eigenvalue weighted by Crippen LogP contribution is 2.24. The van der Waals surface area contributed by atoms with Crippen LogP contribution in [-0.4, -0.2) is 47.2 Å². The van der Waals surface area contributed by atoms with E-state index >= 15 is 0 Å². The molecule has 0 saturated carbocycles. The van der Waals surface area contributed by atoms with Crippen molar-refractivity contribution >= 4 is 17.5 Å². The average Bonchev–Trinajstić information content (AvgIpc) is 3.17. The lowest BCUT2D eigenvalue weighted by atomic mass is 9.94. The molecule has 6 nitrogen and oxygen atoms in total. The number of benzene rings is 1. The number of rotatable bonds is 5. The molecule has 0 bridgehead atoms. The molecule has 2 aromatic rings. The van der Waals surface area contributed by atoms with Gasteiger partial charge in [0.25, 0.3) is 0 Å². The van der Waals surface area contributed by atoms with E-state index in [1.165, 1.54) is 5.56 Å². The molecule has 1 aliphatic rings. The number of aromatic nitrogens is 2. The Morgan fingerprint density at radius 2 is 1.68 bits per heavy atom. The Hall–Kier alpha value is -2.63. The largest absolute Gasteiger partial charge is 0.408 e. The molecular weight excluding hydrogens is 352 g/mol. The van der Waals surface area contributed by atoms with Gasteiger partial charge in [-0.25, -0.2) is 0 Å². The number of nitrogens with zero attached hydrogens (tertiary/aromatic N) is 4. The zero-order valence-electron chi connectivity index (χ0n) is 17.5. The summed E-state index contributed by atoms with van der Waals surface area (Å²) in [5.74, 6) is 1.21. The van der Waals surface area contributed by atoms with E-state index in [1.54, 1.807) is 6.08 Å². The maximum Gasteiger partial charge on any atom is 0.318 e. The lowest BCUT2D eigenvalue weighted by Gasteiger charge is -2.33. The summed E-state index contributed by atoms with van der Waals surface area (Å²) in [5.41, 5.74) is 3.40. The molecule has 1 fully saturated rings. The van der Waals surface area contributed by atoms with E-state index in [0.29, 0.717) is 38.1 Å². The van der Waals surface area contributed by atoms with Crippen molar-refractivity contribution in [2.45, 2.75) is 40.5 Å². The summed E-state index contributed by atoms with van der Waals surface area (Å²) in [6, 6.07) is 8.91. The fraction of sp³-hybridized carbons (Fsp3) is 0.500. The van der Waals surface area contributed by atoms with Crippen molar-refractivity contribution in [1.82, 2.24) is 15.1 Å². The fourth-order valence-electron chi connectivity index (χ4n) is 3.26. The molecule has 1 aromatic carbocycles. The minimum absolute atomic E-state index is 0.0670. The summed E-state index contributed by atoms with van der Waals surface area (Å²) in [5, 5.41) is 8.24. The Kier molecular flexibility index (Phi) is 6.17. The molecule has 1 saturated heterocycles. The molecular formula is C22H30N4O2. The minimum atomic E-state index is 0.0670. The van der Waals surface area contributed by atoms with Crippen LogP contribution in [0.3, 0.4) is 0 Å². The lowest BCUT2D eigenvalue weighted by molar-refractivity contribution is -0.126. The molecule has 0 unspecified atom stereocenters. The Balaban J connectivity index is 1.66. The summed E-state index contributed by atoms with van der Waals surface area (Å²) in [4.78, 5) is 16.8. The molecule has 1 aromatic heterocycles. The van der Waals surface area contributed by atoms with E-state index in [4.69, 9.17) is 4.42 Å². The molecule has 0 N–H and O–H groups in total. The van der Waals surface area contributed by atoms with Gasteiger partial charge in [-0.2, -0.15) is 0 Å². The van der Waals surface area contributed by atoms with Gasteiger partial charge in [0.1, 0.15) is 0 Å². The molecule has 150 valence electrons. The molecule has 0 spiro atoms. The van der Waals surface area contributed by atoms with Gasteiger partial charge in [-0.05, 0) is 24.0 Å². The van der Waals surface area contributed by atoms with Crippen LogP contribution in [0.4, 0.5) is 6.01 Å². The van der Waals surface area contributed by atoms with Crippen LogP contribution < -0.4 is 4.90 Å². The van der Waals surface area contributed by atoms with Crippen LogP contribution in [0.1, 0.15) is 50.6 Å². The van der Waals surface area contributed by atoms with Crippen molar-refractivity contribution in [2.24, 2.45) is 5.92 Å². The first kappa shape index (κ1) is 20.1. The van der Waals surface area contributed by atoms with Gasteiger partial charge in [0.15, 0.2) is 0 Å². The van der Waals surface area contributed by atoms with Gasteiger partial charge < -0.3 is 14.2 Å². The van der Waals surface area contributed by atoms with Crippen molar-refractivity contribution in [2.75, 3.05) is 31.1 Å². The topological polar surface area (TPSA) is 62.5 Å². The number of anilines is 1. The van der Waals surface area contributed by atoms with Crippen LogP contribution in [0.25, 0.3) is 5.57 Å². The molecule has 3 rings (SSSR count). The normalized spacial score (nSPS) is 15.6. The standard InChI is InChI=1S/C22H30N4O2/c1-15(2)19(18-8-6-17(5)7-9-18)14-20(27)25-10-12-26(13-11-25)22-24-23-21(28-22)16(3)4/h6-9,14-16H,10-13H2,1-5H3/b19-14+. The number of carbonyl (C=O) groups is 1. The van der Waals surface area contributed by atoms with Crippen molar-refractivity contribution in [1.29, 1.82) is 0 Å². The summed E-state index contributed by atoms with van der Waals surface area (Å²) in [6.07, 6.45) is 1.80. The van der Waals surface area contributed by atoms with Crippen molar-refractivity contribution < 1.29 is 9.21 Å². The van der Waals surface area contributed by atoms with E-state index in [1.807, 2.05) is 18.7 Å². The van der Waals surface area contributed by atoms with Crippen molar-refractivity contribution in [3.05, 3.63) is 47.4 Å². The zero-order valence-corrected chi connectivity index (χ0v) is 17.5. The van der Waals surface area contributed by atoms with E-state index in [9.17, 15) is 4.79 Å². The van der Waals surface area contributed by atoms with Crippen LogP contribution in [0.2, 0.25) is 0 Å². The highest BCUT2D eigenvalue weighted by atomic mass is 16.4. The molecule has 0 radical (unpaired) electrons. The van der Waals surface area contributed by atoms with E-state index in [2.05, 4.69) is 60.1 Å². The van der Waals surface area contributed by atoms with Crippen LogP contribution >= 0.6 is 0 Å². The molecule has 28 heavy (non-hydrogen) atoms. The Bertz CT molecular complexity index is 828. The Morgan fingerprint density at radius 3 is 2.21 bits per heavy atom. The van der Waals surface area contributed by atoms with Gasteiger partial charge in [-0.1, -0.05) is 62.6 Å². The maximum atomic E-state index is 12.9. The van der Waals surface area contributed by atoms with Gasteiger partial charge in [-0.3, -0.25) is 4.79 Å². The third kappa shape index (κ3) is 4.61. The maximum absolute atomic E-state index is 12.9. The quantitative estimate of drug-likeness (QED) is 0.734. The van der Waals surface area contributed by atoms with Gasteiger partial charge in [0.05, 0.1) is 0 Å². The van der Waals surface area contributed by atoms with Crippen LogP contribution in [-0.2, 0) is 4.79 Å². The van der Waals surface area contributed by atoms with E-state index in [0.717, 1.165) is 11.1 Å². The summed E-state index contributed by atoms with van der Waals surface area (Å²) < 4.78 is 5.73. The first-order chi connectivity index (χ1) is 13.3. The molecule has 1 aliphatic heterocycles. The van der Waals surface area contributed by atoms with E-state index in [-0.39, 0.29) is 17.7 Å². The minimum Gasteiger partial charge on any atom is -0.408 e. The monoisotopic (exact) mass is 382 g/mol. The molecule has 0 aliphatic carbocycles. The van der Waals surface area contributed by atoms with Gasteiger partial charge in [-0.15, -0.1) is 5.10 Å². The van der Waals surface area contributed by atoms with Crippen LogP contribution in [0.15, 0.2) is 34.8 Å². The average molecular weight is 383 g/mol. The smallest absolute Gasteiger partial charge is 0.318 e. The van der Waals surface area contributed by atoms with Gasteiger partial charge in [0.2, 0.25) is 11.8 Å². The third-order valence-electron chi connectivity index (χ3n) is 5.07. The predicted molar refractivity (Wildman–Crippen MR) is 111 cm³/mol. The summed E-state index contributed by atoms with van der Waals surface area (Å²) in [7, 11) is 0. The first-order valence-corrected chi connectivity index (χ1v) is 10.0. The van der Waals surface area contributed by atoms with Gasteiger partial charge in [0, 0.05) is 38.2 Å². The summed E-state index contributed by atoms with van der Waals surface area (Å²) >= 11 is 0. The lowest BCUT2D eigenvalue weighted by Crippen LogP contribution is -2.48. The Morgan fingerprint density at radius 1 is 1.04 bits per heavy atom. The molecule has 2 heterocycles. The fourth-order valence-corrected chi connectivity index (χ4v) is 3.26. The second-order valence-electron chi connectivity index (χ2n) is 8.01. The van der Waals surface area contributed by atoms with Crippen LogP contribution in [0.5, 0.6) is 0 Å². The SMILES string of the molecule is Cc1ccc(/C(=C/C(=O)N2CCN(c3nnc(C(C)C)o3)CC2)C(C)C)cc1.